The van der Waals surface area contributed by atoms with Crippen LogP contribution in [-0.2, 0) is 0 Å². The summed E-state index contributed by atoms with van der Waals surface area (Å²) in [6.07, 6.45) is 0. The van der Waals surface area contributed by atoms with Crippen LogP contribution >= 0.6 is 0 Å². The molecule has 0 atom stereocenters. The molecule has 348 valence electrons. The van der Waals surface area contributed by atoms with Crippen LogP contribution in [0.1, 0.15) is 0 Å². The minimum Gasteiger partial charge on any atom is -0.416 e. The van der Waals surface area contributed by atoms with Gasteiger partial charge in [-0.2, -0.15) is 0 Å². The van der Waals surface area contributed by atoms with Gasteiger partial charge in [-0.25, -0.2) is 0 Å². The van der Waals surface area contributed by atoms with Crippen LogP contribution < -0.4 is 4.90 Å². The predicted molar refractivity (Wildman–Crippen MR) is 299 cm³/mol. The molecular weight excluding hydrogens is 909 g/mol. The number of hydrogen-bond acceptors (Lipinski definition) is 7. The van der Waals surface area contributed by atoms with Gasteiger partial charge in [0, 0.05) is 55.5 Å². The van der Waals surface area contributed by atoms with Gasteiger partial charge in [0.25, 0.3) is 0 Å². The second-order valence-electron chi connectivity index (χ2n) is 18.3. The Balaban J connectivity index is 0.993. The van der Waals surface area contributed by atoms with E-state index in [4.69, 9.17) is 8.83 Å². The van der Waals surface area contributed by atoms with Crippen LogP contribution in [0.15, 0.2) is 264 Å². The van der Waals surface area contributed by atoms with E-state index in [0.29, 0.717) is 23.6 Å². The highest BCUT2D eigenvalue weighted by atomic mass is 16.4. The molecular formula is C66H42N6O2. The first-order valence-corrected chi connectivity index (χ1v) is 24.6. The standard InChI is InChI=1S/C66H42N6O2/c1-5-18-45(19-6-1)63-67-69-65(73-63)47-36-32-43(33-37-47)60-53-27-13-14-28-54(53)61(44-34-38-48(39-35-44)66-70-68-64(74-66)46-20-7-2-8-21-46)62-55(60)29-17-31-59(62)71(49-22-9-3-10-23-49)51-40-41-58-56(42-51)52-26-15-16-30-57(52)72(58)50-24-11-4-12-25-50/h1-42H. The molecule has 0 fully saturated rings. The van der Waals surface area contributed by atoms with E-state index in [1.807, 2.05) is 60.7 Å². The summed E-state index contributed by atoms with van der Waals surface area (Å²) in [7, 11) is 0. The largest absolute Gasteiger partial charge is 0.416 e. The van der Waals surface area contributed by atoms with Gasteiger partial charge in [0.05, 0.1) is 16.7 Å². The van der Waals surface area contributed by atoms with Gasteiger partial charge in [-0.15, -0.1) is 20.4 Å². The Kier molecular flexibility index (Phi) is 10.3. The van der Waals surface area contributed by atoms with Crippen LogP contribution in [0, 0.1) is 0 Å². The van der Waals surface area contributed by atoms with Crippen molar-refractivity contribution >= 4 is 60.4 Å². The molecule has 0 bridgehead atoms. The number of fused-ring (bicyclic) bond motifs is 5. The highest BCUT2D eigenvalue weighted by molar-refractivity contribution is 6.25. The Morgan fingerprint density at radius 2 is 0.730 bits per heavy atom. The first-order valence-electron chi connectivity index (χ1n) is 24.6. The number of hydrogen-bond donors (Lipinski definition) is 0. The number of rotatable bonds is 10. The van der Waals surface area contributed by atoms with E-state index in [0.717, 1.165) is 99.8 Å². The Hall–Kier alpha value is -10.2. The molecule has 0 aliphatic heterocycles. The van der Waals surface area contributed by atoms with Crippen LogP contribution in [0.2, 0.25) is 0 Å². The molecule has 14 rings (SSSR count). The monoisotopic (exact) mass is 950 g/mol. The van der Waals surface area contributed by atoms with Crippen LogP contribution in [0.25, 0.3) is 117 Å². The lowest BCUT2D eigenvalue weighted by atomic mass is 9.84. The Bertz CT molecular complexity index is 4340. The summed E-state index contributed by atoms with van der Waals surface area (Å²) in [6.45, 7) is 0. The zero-order chi connectivity index (χ0) is 49.0. The third kappa shape index (κ3) is 7.31. The van der Waals surface area contributed by atoms with E-state index in [9.17, 15) is 0 Å². The number of para-hydroxylation sites is 3. The van der Waals surface area contributed by atoms with Crippen LogP contribution in [0.3, 0.4) is 0 Å². The first-order chi connectivity index (χ1) is 36.7. The zero-order valence-electron chi connectivity index (χ0n) is 39.7. The molecule has 0 N–H and O–H groups in total. The molecule has 0 aliphatic rings. The lowest BCUT2D eigenvalue weighted by Crippen LogP contribution is -2.11. The highest BCUT2D eigenvalue weighted by Gasteiger charge is 2.25. The summed E-state index contributed by atoms with van der Waals surface area (Å²) in [6, 6.07) is 89.1. The van der Waals surface area contributed by atoms with Gasteiger partial charge in [0.1, 0.15) is 0 Å². The fourth-order valence-corrected chi connectivity index (χ4v) is 10.6. The molecule has 0 spiro atoms. The van der Waals surface area contributed by atoms with Crippen molar-refractivity contribution in [1.82, 2.24) is 25.0 Å². The minimum absolute atomic E-state index is 0.459. The molecule has 0 saturated carbocycles. The third-order valence-corrected chi connectivity index (χ3v) is 13.9. The maximum absolute atomic E-state index is 6.25. The van der Waals surface area contributed by atoms with Gasteiger partial charge in [-0.3, -0.25) is 0 Å². The fraction of sp³-hybridized carbons (Fsp3) is 0. The second kappa shape index (κ2) is 17.9. The molecule has 0 saturated heterocycles. The van der Waals surface area contributed by atoms with Crippen molar-refractivity contribution in [1.29, 1.82) is 0 Å². The number of benzene rings is 11. The lowest BCUT2D eigenvalue weighted by Gasteiger charge is -2.29. The fourth-order valence-electron chi connectivity index (χ4n) is 10.6. The molecule has 11 aromatic carbocycles. The molecule has 0 amide bonds. The molecule has 0 radical (unpaired) electrons. The van der Waals surface area contributed by atoms with Gasteiger partial charge in [0.2, 0.25) is 23.6 Å². The highest BCUT2D eigenvalue weighted by Crippen LogP contribution is 2.50. The molecule has 0 aliphatic carbocycles. The van der Waals surface area contributed by atoms with Crippen molar-refractivity contribution in [3.05, 3.63) is 255 Å². The van der Waals surface area contributed by atoms with Crippen LogP contribution in [0.4, 0.5) is 17.1 Å². The van der Waals surface area contributed by atoms with Crippen molar-refractivity contribution in [2.75, 3.05) is 4.90 Å². The molecule has 14 aromatic rings. The molecule has 74 heavy (non-hydrogen) atoms. The van der Waals surface area contributed by atoms with Crippen molar-refractivity contribution in [3.8, 4) is 73.8 Å². The van der Waals surface area contributed by atoms with Gasteiger partial charge in [0.15, 0.2) is 0 Å². The minimum atomic E-state index is 0.459. The summed E-state index contributed by atoms with van der Waals surface area (Å²) < 4.78 is 14.8. The van der Waals surface area contributed by atoms with Gasteiger partial charge in [-0.05, 0) is 142 Å². The van der Waals surface area contributed by atoms with Crippen molar-refractivity contribution < 1.29 is 8.83 Å². The summed E-state index contributed by atoms with van der Waals surface area (Å²) in [4.78, 5) is 2.42. The Morgan fingerprint density at radius 3 is 1.31 bits per heavy atom. The number of aromatic nitrogens is 5. The van der Waals surface area contributed by atoms with E-state index < -0.39 is 0 Å². The summed E-state index contributed by atoms with van der Waals surface area (Å²) in [5.74, 6) is 1.88. The SMILES string of the molecule is c1ccc(-c2nnc(-c3ccc(-c4c5ccccc5c(-c5ccc(-c6nnc(-c7ccccc7)o6)cc5)c5c(N(c6ccccc6)c6ccc7c(c6)c6ccccc6n7-c6ccccc6)cccc45)cc3)o2)cc1. The van der Waals surface area contributed by atoms with E-state index >= 15 is 0 Å². The Morgan fingerprint density at radius 1 is 0.297 bits per heavy atom. The van der Waals surface area contributed by atoms with E-state index in [1.165, 1.54) is 10.8 Å². The van der Waals surface area contributed by atoms with Crippen LogP contribution in [-0.4, -0.2) is 25.0 Å². The smallest absolute Gasteiger partial charge is 0.248 e. The van der Waals surface area contributed by atoms with E-state index in [1.54, 1.807) is 0 Å². The quantitative estimate of drug-likeness (QED) is 0.126. The predicted octanol–water partition coefficient (Wildman–Crippen LogP) is 17.3. The van der Waals surface area contributed by atoms with Crippen LogP contribution in [0.5, 0.6) is 0 Å². The normalized spacial score (nSPS) is 11.5. The number of nitrogens with zero attached hydrogens (tertiary/aromatic N) is 6. The van der Waals surface area contributed by atoms with E-state index in [-0.39, 0.29) is 0 Å². The maximum atomic E-state index is 6.25. The van der Waals surface area contributed by atoms with Gasteiger partial charge in [-0.1, -0.05) is 152 Å². The van der Waals surface area contributed by atoms with Crippen molar-refractivity contribution in [3.63, 3.8) is 0 Å². The summed E-state index contributed by atoms with van der Waals surface area (Å²) in [5.41, 5.74) is 14.3. The molecule has 8 heteroatoms. The maximum Gasteiger partial charge on any atom is 0.248 e. The average molecular weight is 951 g/mol. The topological polar surface area (TPSA) is 86.0 Å². The lowest BCUT2D eigenvalue weighted by molar-refractivity contribution is 0.584. The third-order valence-electron chi connectivity index (χ3n) is 13.9. The molecule has 3 aromatic heterocycles. The first kappa shape index (κ1) is 42.7. The van der Waals surface area contributed by atoms with E-state index in [2.05, 4.69) is 224 Å². The van der Waals surface area contributed by atoms with Crippen molar-refractivity contribution in [2.24, 2.45) is 0 Å². The van der Waals surface area contributed by atoms with Gasteiger partial charge < -0.3 is 18.3 Å². The summed E-state index contributed by atoms with van der Waals surface area (Å²) in [5, 5.41) is 24.5. The summed E-state index contributed by atoms with van der Waals surface area (Å²) >= 11 is 0. The van der Waals surface area contributed by atoms with Gasteiger partial charge >= 0.3 is 0 Å². The second-order valence-corrected chi connectivity index (χ2v) is 18.3. The molecule has 0 unspecified atom stereocenters. The molecule has 8 nitrogen and oxygen atoms in total. The van der Waals surface area contributed by atoms with Crippen molar-refractivity contribution in [2.45, 2.75) is 0 Å². The zero-order valence-corrected chi connectivity index (χ0v) is 39.7. The Labute approximate surface area is 425 Å². The number of anilines is 3. The molecule has 3 heterocycles. The average Bonchev–Trinajstić information content (AvgIpc) is 4.25.